The van der Waals surface area contributed by atoms with Crippen LogP contribution in [-0.4, -0.2) is 0 Å². The first-order valence-corrected chi connectivity index (χ1v) is 18.5. The first-order chi connectivity index (χ1) is 20.0. The minimum Gasteiger partial charge on any atom is -0.0588 e. The van der Waals surface area contributed by atoms with Crippen molar-refractivity contribution >= 4 is 10.8 Å². The van der Waals surface area contributed by atoms with Gasteiger partial charge < -0.3 is 0 Å². The Morgan fingerprint density at radius 2 is 0.326 bits per heavy atom. The maximum atomic E-state index is 2.68. The molecule has 0 bridgehead atoms. The van der Waals surface area contributed by atoms with Gasteiger partial charge in [-0.1, -0.05) is 125 Å². The summed E-state index contributed by atoms with van der Waals surface area (Å²) in [7, 11) is 0. The van der Waals surface area contributed by atoms with Crippen molar-refractivity contribution in [1.82, 2.24) is 0 Å². The average Bonchev–Trinajstić information content (AvgIpc) is 2.92. The van der Waals surface area contributed by atoms with Crippen LogP contribution in [0.15, 0.2) is 0 Å². The molecule has 2 aliphatic carbocycles. The zero-order valence-corrected chi connectivity index (χ0v) is 36.0. The molecule has 0 unspecified atom stereocenters. The fourth-order valence-corrected chi connectivity index (χ4v) is 12.9. The van der Waals surface area contributed by atoms with Crippen molar-refractivity contribution in [3.8, 4) is 0 Å². The zero-order chi connectivity index (χ0) is 36.8. The summed E-state index contributed by atoms with van der Waals surface area (Å²) >= 11 is 0. The summed E-state index contributed by atoms with van der Waals surface area (Å²) in [5.41, 5.74) is 13.4. The molecule has 0 heterocycles. The molecule has 0 aliphatic heterocycles. The third-order valence-corrected chi connectivity index (χ3v) is 20.5. The number of hydrogen-bond donors (Lipinski definition) is 0. The Bertz CT molecular complexity index is 1350. The molecule has 0 aromatic heterocycles. The Labute approximate surface area is 288 Å². The van der Waals surface area contributed by atoms with E-state index in [0.29, 0.717) is 0 Å². The van der Waals surface area contributed by atoms with E-state index >= 15 is 0 Å². The number of benzene rings is 2. The van der Waals surface area contributed by atoms with Crippen molar-refractivity contribution in [1.29, 1.82) is 0 Å². The molecule has 0 radical (unpaired) electrons. The van der Waals surface area contributed by atoms with Gasteiger partial charge in [-0.3, -0.25) is 0 Å². The Morgan fingerprint density at radius 3 is 0.457 bits per heavy atom. The predicted molar refractivity (Wildman–Crippen MR) is 208 cm³/mol. The second-order valence-corrected chi connectivity index (χ2v) is 21.0. The molecule has 2 fully saturated rings. The molecule has 0 spiro atoms. The number of rotatable bonds is 0. The molecule has 2 saturated carbocycles. The van der Waals surface area contributed by atoms with Crippen molar-refractivity contribution < 1.29 is 0 Å². The van der Waals surface area contributed by atoms with Gasteiger partial charge in [0.2, 0.25) is 0 Å². The van der Waals surface area contributed by atoms with Gasteiger partial charge in [0.25, 0.3) is 0 Å². The van der Waals surface area contributed by atoms with Crippen LogP contribution in [0, 0.1) is 110 Å². The van der Waals surface area contributed by atoms with E-state index in [2.05, 4.69) is 180 Å². The lowest BCUT2D eigenvalue weighted by molar-refractivity contribution is -0.422. The van der Waals surface area contributed by atoms with E-state index in [0.717, 1.165) is 0 Å². The van der Waals surface area contributed by atoms with Crippen molar-refractivity contribution in [2.24, 2.45) is 54.1 Å². The lowest BCUT2D eigenvalue weighted by atomic mass is 9.14. The molecule has 0 atom stereocenters. The van der Waals surface area contributed by atoms with Crippen LogP contribution in [0.25, 0.3) is 10.8 Å². The molecule has 0 saturated heterocycles. The molecule has 2 aromatic carbocycles. The maximum absolute atomic E-state index is 2.68. The molecular formula is C46H78. The van der Waals surface area contributed by atoms with Crippen LogP contribution in [0.4, 0.5) is 0 Å². The SMILES string of the molecule is CC1(C)C(C)(C)C(C)(C)C2(C)C(C)(C)C(C)(C)C(C)(C)C(C)(C)C2(C)C1(C)C.Cc1c(C)c(C)c2c(C)c(C)c(C)c(C)c2c1C. The van der Waals surface area contributed by atoms with Gasteiger partial charge in [0.15, 0.2) is 0 Å². The average molecular weight is 631 g/mol. The molecule has 0 amide bonds. The second-order valence-electron chi connectivity index (χ2n) is 21.0. The van der Waals surface area contributed by atoms with E-state index < -0.39 is 0 Å². The molecule has 0 N–H and O–H groups in total. The number of hydrogen-bond acceptors (Lipinski definition) is 0. The molecule has 2 aliphatic rings. The molecule has 0 heteroatoms. The van der Waals surface area contributed by atoms with E-state index in [4.69, 9.17) is 0 Å². The van der Waals surface area contributed by atoms with Crippen LogP contribution in [-0.2, 0) is 0 Å². The Kier molecular flexibility index (Phi) is 8.62. The maximum Gasteiger partial charge on any atom is -0.0114 e. The molecule has 262 valence electrons. The summed E-state index contributed by atoms with van der Waals surface area (Å²) in [5, 5.41) is 2.97. The van der Waals surface area contributed by atoms with Gasteiger partial charge >= 0.3 is 0 Å². The topological polar surface area (TPSA) is 0 Å². The highest BCUT2D eigenvalue weighted by Crippen LogP contribution is 2.91. The molecule has 46 heavy (non-hydrogen) atoms. The zero-order valence-electron chi connectivity index (χ0n) is 36.0. The highest BCUT2D eigenvalue weighted by Gasteiger charge is 2.86. The van der Waals surface area contributed by atoms with E-state index in [9.17, 15) is 0 Å². The normalized spacial score (nSPS) is 30.7. The van der Waals surface area contributed by atoms with E-state index in [1.54, 1.807) is 0 Å². The Balaban J connectivity index is 0.000000275. The van der Waals surface area contributed by atoms with Gasteiger partial charge in [-0.2, -0.15) is 0 Å². The van der Waals surface area contributed by atoms with Gasteiger partial charge in [0.05, 0.1) is 0 Å². The summed E-state index contributed by atoms with van der Waals surface area (Å²) in [6, 6.07) is 0. The van der Waals surface area contributed by atoms with Gasteiger partial charge in [0, 0.05) is 0 Å². The summed E-state index contributed by atoms with van der Waals surface area (Å²) in [6.07, 6.45) is 0. The smallest absolute Gasteiger partial charge is 0.0114 e. The summed E-state index contributed by atoms with van der Waals surface area (Å²) < 4.78 is 0. The Hall–Kier alpha value is -1.30. The molecular weight excluding hydrogens is 553 g/mol. The number of fused-ring (bicyclic) bond motifs is 2. The highest BCUT2D eigenvalue weighted by molar-refractivity contribution is 5.97. The minimum atomic E-state index is 0.151. The van der Waals surface area contributed by atoms with Crippen LogP contribution in [0.1, 0.15) is 169 Å². The molecule has 4 rings (SSSR count). The van der Waals surface area contributed by atoms with E-state index in [1.165, 1.54) is 55.3 Å². The summed E-state index contributed by atoms with van der Waals surface area (Å²) in [6.45, 7) is 64.8. The van der Waals surface area contributed by atoms with Crippen LogP contribution in [0.3, 0.4) is 0 Å². The summed E-state index contributed by atoms with van der Waals surface area (Å²) in [4.78, 5) is 0. The van der Waals surface area contributed by atoms with Gasteiger partial charge in [0.1, 0.15) is 0 Å². The fourth-order valence-electron chi connectivity index (χ4n) is 12.9. The van der Waals surface area contributed by atoms with Crippen LogP contribution < -0.4 is 0 Å². The molecule has 2 aromatic rings. The summed E-state index contributed by atoms with van der Waals surface area (Å²) in [5.74, 6) is 0. The molecule has 0 nitrogen and oxygen atoms in total. The minimum absolute atomic E-state index is 0.151. The van der Waals surface area contributed by atoms with Crippen molar-refractivity contribution in [3.63, 3.8) is 0 Å². The van der Waals surface area contributed by atoms with Crippen molar-refractivity contribution in [3.05, 3.63) is 44.5 Å². The largest absolute Gasteiger partial charge is 0.0588 e. The lowest BCUT2D eigenvalue weighted by Gasteiger charge is -2.89. The van der Waals surface area contributed by atoms with Gasteiger partial charge in [-0.25, -0.2) is 0 Å². The van der Waals surface area contributed by atoms with Gasteiger partial charge in [-0.05, 0) is 165 Å². The second kappa shape index (κ2) is 10.1. The van der Waals surface area contributed by atoms with Crippen LogP contribution in [0.2, 0.25) is 0 Å². The Morgan fingerprint density at radius 1 is 0.196 bits per heavy atom. The third-order valence-electron chi connectivity index (χ3n) is 20.5. The first kappa shape index (κ1) is 39.1. The lowest BCUT2D eigenvalue weighted by Crippen LogP contribution is -2.84. The monoisotopic (exact) mass is 631 g/mol. The van der Waals surface area contributed by atoms with E-state index in [-0.39, 0.29) is 54.1 Å². The fraction of sp³-hybridized carbons (Fsp3) is 0.783. The first-order valence-electron chi connectivity index (χ1n) is 18.5. The third kappa shape index (κ3) is 3.70. The number of aryl methyl sites for hydroxylation is 4. The van der Waals surface area contributed by atoms with Crippen molar-refractivity contribution in [2.75, 3.05) is 0 Å². The van der Waals surface area contributed by atoms with Crippen LogP contribution in [0.5, 0.6) is 0 Å². The van der Waals surface area contributed by atoms with E-state index in [1.807, 2.05) is 0 Å². The standard InChI is InChI=1S/C28H54.C18H24/c1-19(2)20(3,4)24(11,12)28(18)26(15,16)22(7,8)21(5,6)25(13,14)27(28,17)23(19,9)10;1-9-10(2)14(6)18-16(8)12(4)11(3)15(7)17(18)13(9)5/h1-18H3;1-8H3. The van der Waals surface area contributed by atoms with Crippen molar-refractivity contribution in [2.45, 2.75) is 180 Å². The predicted octanol–water partition coefficient (Wildman–Crippen LogP) is 14.5. The van der Waals surface area contributed by atoms with Crippen LogP contribution >= 0.6 is 0 Å². The quantitative estimate of drug-likeness (QED) is 0.272. The van der Waals surface area contributed by atoms with Gasteiger partial charge in [-0.15, -0.1) is 0 Å². The highest BCUT2D eigenvalue weighted by atomic mass is 14.9.